The summed E-state index contributed by atoms with van der Waals surface area (Å²) < 4.78 is 35.5. The number of piperidine rings is 2. The van der Waals surface area contributed by atoms with Gasteiger partial charge in [0.25, 0.3) is 0 Å². The number of methoxy groups -OCH3 is 2. The molecule has 4 aromatic carbocycles. The summed E-state index contributed by atoms with van der Waals surface area (Å²) in [5.41, 5.74) is 3.30. The molecule has 0 radical (unpaired) electrons. The van der Waals surface area contributed by atoms with Gasteiger partial charge in [0.15, 0.2) is 23.0 Å². The van der Waals surface area contributed by atoms with Crippen molar-refractivity contribution >= 4 is 93.7 Å². The van der Waals surface area contributed by atoms with Gasteiger partial charge in [-0.2, -0.15) is 0 Å². The van der Waals surface area contributed by atoms with Gasteiger partial charge in [0.05, 0.1) is 38.8 Å². The molecule has 4 heterocycles. The molecule has 2 saturated heterocycles. The van der Waals surface area contributed by atoms with Crippen LogP contribution in [-0.4, -0.2) is 126 Å². The van der Waals surface area contributed by atoms with Gasteiger partial charge in [0, 0.05) is 55.3 Å². The van der Waals surface area contributed by atoms with Crippen LogP contribution in [-0.2, 0) is 28.7 Å². The minimum Gasteiger partial charge on any atom is -0.493 e. The Hall–Kier alpha value is -4.72. The predicted molar refractivity (Wildman–Crippen MR) is 332 cm³/mol. The smallest absolute Gasteiger partial charge is 0.423 e. The predicted octanol–water partition coefficient (Wildman–Crippen LogP) is 14.9. The number of rotatable bonds is 30. The van der Waals surface area contributed by atoms with Gasteiger partial charge in [-0.15, -0.1) is 23.5 Å². The molecular weight excluding hydrogens is 1110 g/mol. The Balaban J connectivity index is 0.940. The van der Waals surface area contributed by atoms with E-state index < -0.39 is 11.9 Å². The van der Waals surface area contributed by atoms with Crippen LogP contribution in [0.25, 0.3) is 0 Å². The molecule has 82 heavy (non-hydrogen) atoms. The summed E-state index contributed by atoms with van der Waals surface area (Å²) in [5, 5.41) is 0. The molecule has 4 aromatic rings. The van der Waals surface area contributed by atoms with Crippen LogP contribution in [0.2, 0.25) is 0 Å². The maximum Gasteiger partial charge on any atom is 0.423 e. The van der Waals surface area contributed by atoms with Crippen molar-refractivity contribution < 1.29 is 47.6 Å². The summed E-state index contributed by atoms with van der Waals surface area (Å²) in [6.07, 6.45) is 21.4. The Bertz CT molecular complexity index is 2580. The number of thioether (sulfide) groups is 2. The van der Waals surface area contributed by atoms with Gasteiger partial charge in [-0.3, -0.25) is 9.59 Å². The van der Waals surface area contributed by atoms with Crippen LogP contribution in [0.4, 0.5) is 22.7 Å². The van der Waals surface area contributed by atoms with E-state index in [1.807, 2.05) is 12.1 Å². The van der Waals surface area contributed by atoms with Crippen molar-refractivity contribution in [1.82, 2.24) is 9.80 Å². The molecule has 2 fully saturated rings. The highest BCUT2D eigenvalue weighted by molar-refractivity contribution is 8.02. The largest absolute Gasteiger partial charge is 0.493 e. The van der Waals surface area contributed by atoms with E-state index in [0.717, 1.165) is 183 Å². The third kappa shape index (κ3) is 16.8. The normalized spacial score (nSPS) is 15.5. The highest BCUT2D eigenvalue weighted by Crippen LogP contribution is 2.58. The Morgan fingerprint density at radius 3 is 1.32 bits per heavy atom. The molecule has 0 N–H and O–H groups in total. The summed E-state index contributed by atoms with van der Waals surface area (Å²) in [7, 11) is 3.07. The van der Waals surface area contributed by atoms with Crippen LogP contribution in [0.3, 0.4) is 0 Å². The summed E-state index contributed by atoms with van der Waals surface area (Å²) in [6.45, 7) is 12.2. The van der Waals surface area contributed by atoms with Crippen molar-refractivity contribution in [1.29, 1.82) is 0 Å². The molecule has 0 aromatic heterocycles. The second-order valence-electron chi connectivity index (χ2n) is 21.7. The van der Waals surface area contributed by atoms with Crippen LogP contribution in [0.5, 0.6) is 23.0 Å². The van der Waals surface area contributed by atoms with Crippen LogP contribution in [0, 0.1) is 11.8 Å². The monoisotopic (exact) mass is 1200 g/mol. The maximum absolute atomic E-state index is 14.5. The minimum atomic E-state index is -1.19. The van der Waals surface area contributed by atoms with E-state index in [1.54, 1.807) is 59.2 Å². The topological polar surface area (TPSA) is 137 Å². The lowest BCUT2D eigenvalue weighted by molar-refractivity contribution is -0.156. The van der Waals surface area contributed by atoms with Crippen LogP contribution in [0.1, 0.15) is 129 Å². The number of hydrogen-bond donors (Lipinski definition) is 0. The lowest BCUT2D eigenvalue weighted by Crippen LogP contribution is -2.36. The summed E-state index contributed by atoms with van der Waals surface area (Å²) in [6, 6.07) is 20.1. The second kappa shape index (κ2) is 32.5. The van der Waals surface area contributed by atoms with Gasteiger partial charge in [-0.05, 0) is 176 Å². The molecular formula is C64H86N4O10S4. The number of anilines is 4. The standard InChI is InChI=1S/C64H86N4O10S4/c1-7-9-11-13-23-55(69)75-43-33-45-29-39-65(40-30-45)35-17-37-67-47-19-15-21-53(79-5)61(47)81-51-27-25-49(73-3)59(57(51)67)77-63(71)64(72)78-60-50(74-4)26-28-52-58(60)68(48-20-16-22-54(80-6)62(48)82-52)38-18-36-66-41-31-46(32-42-66)34-44-76-56(70)24-14-12-10-8-2/h15-16,19-22,25-28,45-46H,7-14,17-18,23-24,29-44H2,1-6H3. The fraction of sp³-hybridized carbons (Fsp3) is 0.562. The fourth-order valence-corrected chi connectivity index (χ4v) is 15.5. The van der Waals surface area contributed by atoms with Crippen LogP contribution in [0.15, 0.2) is 90.0 Å². The van der Waals surface area contributed by atoms with Gasteiger partial charge < -0.3 is 48.0 Å². The molecule has 0 spiro atoms. The molecule has 0 atom stereocenters. The number of carbonyl (C=O) groups is 4. The number of likely N-dealkylation sites (tertiary alicyclic amines) is 2. The van der Waals surface area contributed by atoms with E-state index in [9.17, 15) is 19.2 Å². The van der Waals surface area contributed by atoms with Crippen molar-refractivity contribution in [2.45, 2.75) is 159 Å². The highest BCUT2D eigenvalue weighted by Gasteiger charge is 2.36. The third-order valence-corrected chi connectivity index (χ3v) is 20.4. The molecule has 446 valence electrons. The van der Waals surface area contributed by atoms with E-state index in [2.05, 4.69) is 82.4 Å². The zero-order valence-corrected chi connectivity index (χ0v) is 52.5. The fourth-order valence-electron chi connectivity index (χ4n) is 11.5. The van der Waals surface area contributed by atoms with E-state index in [4.69, 9.17) is 28.4 Å². The summed E-state index contributed by atoms with van der Waals surface area (Å²) in [5.74, 6) is -0.527. The van der Waals surface area contributed by atoms with Crippen molar-refractivity contribution in [2.24, 2.45) is 11.8 Å². The highest BCUT2D eigenvalue weighted by atomic mass is 32.2. The maximum atomic E-state index is 14.5. The van der Waals surface area contributed by atoms with E-state index in [-0.39, 0.29) is 23.4 Å². The molecule has 4 aliphatic heterocycles. The zero-order chi connectivity index (χ0) is 57.8. The Morgan fingerprint density at radius 2 is 0.939 bits per heavy atom. The van der Waals surface area contributed by atoms with Crippen molar-refractivity contribution in [3.05, 3.63) is 60.7 Å². The van der Waals surface area contributed by atoms with Crippen LogP contribution < -0.4 is 28.7 Å². The average molecular weight is 1200 g/mol. The van der Waals surface area contributed by atoms with Gasteiger partial charge in [-0.1, -0.05) is 88.0 Å². The number of fused-ring (bicyclic) bond motifs is 4. The number of benzene rings is 4. The first-order valence-electron chi connectivity index (χ1n) is 29.9. The molecule has 0 amide bonds. The van der Waals surface area contributed by atoms with Crippen molar-refractivity contribution in [3.63, 3.8) is 0 Å². The molecule has 4 aliphatic rings. The van der Waals surface area contributed by atoms with Crippen molar-refractivity contribution in [3.8, 4) is 23.0 Å². The summed E-state index contributed by atoms with van der Waals surface area (Å²) in [4.78, 5) is 69.2. The Labute approximate surface area is 504 Å². The van der Waals surface area contributed by atoms with E-state index in [0.29, 0.717) is 73.9 Å². The number of ether oxygens (including phenoxy) is 6. The average Bonchev–Trinajstić information content (AvgIpc) is 3.59. The number of hydrogen-bond acceptors (Lipinski definition) is 18. The van der Waals surface area contributed by atoms with E-state index in [1.165, 1.54) is 14.2 Å². The van der Waals surface area contributed by atoms with Gasteiger partial charge in [0.1, 0.15) is 11.4 Å². The quantitative estimate of drug-likeness (QED) is 0.0161. The van der Waals surface area contributed by atoms with Crippen molar-refractivity contribution in [2.75, 3.05) is 102 Å². The zero-order valence-electron chi connectivity index (χ0n) is 49.2. The number of carbonyl (C=O) groups excluding carboxylic acids is 4. The Morgan fingerprint density at radius 1 is 0.524 bits per heavy atom. The lowest BCUT2D eigenvalue weighted by Gasteiger charge is -2.36. The first-order valence-corrected chi connectivity index (χ1v) is 34.0. The van der Waals surface area contributed by atoms with E-state index >= 15 is 0 Å². The molecule has 18 heteroatoms. The number of esters is 4. The lowest BCUT2D eigenvalue weighted by atomic mass is 9.94. The molecule has 0 unspecified atom stereocenters. The Kier molecular flexibility index (Phi) is 25.1. The third-order valence-electron chi connectivity index (χ3n) is 16.2. The second-order valence-corrected chi connectivity index (χ2v) is 25.5. The first-order chi connectivity index (χ1) is 40.1. The molecule has 0 bridgehead atoms. The van der Waals surface area contributed by atoms with Gasteiger partial charge in [0.2, 0.25) is 0 Å². The summed E-state index contributed by atoms with van der Waals surface area (Å²) >= 11 is 6.60. The molecule has 0 saturated carbocycles. The molecule has 14 nitrogen and oxygen atoms in total. The molecule has 0 aliphatic carbocycles. The van der Waals surface area contributed by atoms with Gasteiger partial charge in [-0.25, -0.2) is 9.59 Å². The number of unbranched alkanes of at least 4 members (excludes halogenated alkanes) is 6. The first kappa shape index (κ1) is 63.3. The minimum absolute atomic E-state index is 0.0749. The SMILES string of the molecule is CCCCCCC(=O)OCCC1CCN(CCCN2c3cccc(SC)c3Sc3ccc(OC)c(OC(=O)C(=O)Oc4c(OC)ccc5c4N(CCCN4CCC(CCOC(=O)CCCCCC)CC4)c4cccc(SC)c4S5)c32)CC1. The van der Waals surface area contributed by atoms with Gasteiger partial charge >= 0.3 is 23.9 Å². The van der Waals surface area contributed by atoms with Crippen LogP contribution >= 0.6 is 47.0 Å². The number of nitrogens with zero attached hydrogens (tertiary/aromatic N) is 4. The molecule has 8 rings (SSSR count).